The van der Waals surface area contributed by atoms with E-state index in [-0.39, 0.29) is 0 Å². The molecule has 0 aliphatic heterocycles. The van der Waals surface area contributed by atoms with Crippen LogP contribution in [0.15, 0.2) is 229 Å². The highest BCUT2D eigenvalue weighted by molar-refractivity contribution is 6.09. The Morgan fingerprint density at radius 3 is 1.20 bits per heavy atom. The number of hydrogen-bond acceptors (Lipinski definition) is 2. The standard InChI is InChI=1S/C54H37NO/c1-3-11-38(12-4-1)40-21-23-41(24-22-40)42-25-31-47(32-26-42)55(48-33-27-43(28-34-48)46-16-9-15-45(37-46)39-13-5-2-6-14-39)49-35-29-44(30-36-49)50-18-10-19-52-51-17-7-8-20-53(51)56-54(50)52/h1-37H. The van der Waals surface area contributed by atoms with E-state index in [0.29, 0.717) is 0 Å². The largest absolute Gasteiger partial charge is 0.455 e. The van der Waals surface area contributed by atoms with Gasteiger partial charge in [-0.05, 0) is 98.6 Å². The molecule has 0 N–H and O–H groups in total. The summed E-state index contributed by atoms with van der Waals surface area (Å²) in [7, 11) is 0. The fraction of sp³-hybridized carbons (Fsp3) is 0. The Morgan fingerprint density at radius 1 is 0.268 bits per heavy atom. The molecule has 0 radical (unpaired) electrons. The van der Waals surface area contributed by atoms with Crippen LogP contribution in [0.3, 0.4) is 0 Å². The van der Waals surface area contributed by atoms with Crippen LogP contribution in [0.2, 0.25) is 0 Å². The average Bonchev–Trinajstić information content (AvgIpc) is 3.67. The third-order valence-corrected chi connectivity index (χ3v) is 10.7. The molecule has 10 rings (SSSR count). The minimum absolute atomic E-state index is 0.906. The highest BCUT2D eigenvalue weighted by Crippen LogP contribution is 2.40. The van der Waals surface area contributed by atoms with Gasteiger partial charge in [-0.15, -0.1) is 0 Å². The van der Waals surface area contributed by atoms with E-state index >= 15 is 0 Å². The van der Waals surface area contributed by atoms with Crippen molar-refractivity contribution in [1.29, 1.82) is 0 Å². The first-order valence-electron chi connectivity index (χ1n) is 19.1. The predicted octanol–water partition coefficient (Wildman–Crippen LogP) is 15.4. The Balaban J connectivity index is 1.00. The molecule has 0 atom stereocenters. The molecule has 0 unspecified atom stereocenters. The minimum Gasteiger partial charge on any atom is -0.455 e. The highest BCUT2D eigenvalue weighted by Gasteiger charge is 2.16. The van der Waals surface area contributed by atoms with Gasteiger partial charge in [-0.2, -0.15) is 0 Å². The molecule has 2 nitrogen and oxygen atoms in total. The van der Waals surface area contributed by atoms with Gasteiger partial charge in [0.15, 0.2) is 0 Å². The second-order valence-corrected chi connectivity index (χ2v) is 14.1. The molecule has 0 amide bonds. The van der Waals surface area contributed by atoms with E-state index in [1.54, 1.807) is 0 Å². The van der Waals surface area contributed by atoms with Gasteiger partial charge in [0.25, 0.3) is 0 Å². The highest BCUT2D eigenvalue weighted by atomic mass is 16.3. The number of rotatable bonds is 8. The molecule has 0 aliphatic rings. The van der Waals surface area contributed by atoms with Crippen LogP contribution < -0.4 is 4.90 Å². The molecular formula is C54H37NO. The Labute approximate surface area is 327 Å². The van der Waals surface area contributed by atoms with Gasteiger partial charge in [-0.1, -0.05) is 176 Å². The summed E-state index contributed by atoms with van der Waals surface area (Å²) < 4.78 is 6.40. The molecule has 10 aromatic rings. The van der Waals surface area contributed by atoms with Gasteiger partial charge in [0.2, 0.25) is 0 Å². The van der Waals surface area contributed by atoms with Gasteiger partial charge in [0.05, 0.1) is 0 Å². The summed E-state index contributed by atoms with van der Waals surface area (Å²) in [5, 5.41) is 2.27. The molecule has 0 aliphatic carbocycles. The van der Waals surface area contributed by atoms with Gasteiger partial charge in [0.1, 0.15) is 11.2 Å². The number of fused-ring (bicyclic) bond motifs is 3. The summed E-state index contributed by atoms with van der Waals surface area (Å²) in [6.45, 7) is 0. The summed E-state index contributed by atoms with van der Waals surface area (Å²) in [4.78, 5) is 2.33. The fourth-order valence-corrected chi connectivity index (χ4v) is 7.81. The van der Waals surface area contributed by atoms with Crippen LogP contribution in [0.25, 0.3) is 77.6 Å². The van der Waals surface area contributed by atoms with Crippen molar-refractivity contribution in [2.24, 2.45) is 0 Å². The quantitative estimate of drug-likeness (QED) is 0.156. The first kappa shape index (κ1) is 33.2. The van der Waals surface area contributed by atoms with Crippen molar-refractivity contribution in [1.82, 2.24) is 0 Å². The maximum atomic E-state index is 6.40. The number of furan rings is 1. The van der Waals surface area contributed by atoms with E-state index in [4.69, 9.17) is 4.42 Å². The Morgan fingerprint density at radius 2 is 0.643 bits per heavy atom. The van der Waals surface area contributed by atoms with Crippen molar-refractivity contribution in [2.45, 2.75) is 0 Å². The molecule has 0 spiro atoms. The zero-order chi connectivity index (χ0) is 37.3. The van der Waals surface area contributed by atoms with E-state index in [0.717, 1.165) is 50.1 Å². The summed E-state index contributed by atoms with van der Waals surface area (Å²) >= 11 is 0. The van der Waals surface area contributed by atoms with Crippen molar-refractivity contribution in [3.05, 3.63) is 224 Å². The third-order valence-electron chi connectivity index (χ3n) is 10.7. The predicted molar refractivity (Wildman–Crippen MR) is 236 cm³/mol. The van der Waals surface area contributed by atoms with Crippen molar-refractivity contribution < 1.29 is 4.42 Å². The lowest BCUT2D eigenvalue weighted by Crippen LogP contribution is -2.09. The molecule has 0 saturated heterocycles. The van der Waals surface area contributed by atoms with Crippen LogP contribution in [0.5, 0.6) is 0 Å². The Hall–Kier alpha value is -7.42. The molecule has 2 heteroatoms. The summed E-state index contributed by atoms with van der Waals surface area (Å²) in [6.07, 6.45) is 0. The van der Waals surface area contributed by atoms with Gasteiger partial charge < -0.3 is 9.32 Å². The van der Waals surface area contributed by atoms with E-state index < -0.39 is 0 Å². The normalized spacial score (nSPS) is 11.2. The molecule has 56 heavy (non-hydrogen) atoms. The summed E-state index contributed by atoms with van der Waals surface area (Å²) in [5.74, 6) is 0. The smallest absolute Gasteiger partial charge is 0.143 e. The van der Waals surface area contributed by atoms with Gasteiger partial charge in [0, 0.05) is 33.4 Å². The van der Waals surface area contributed by atoms with Gasteiger partial charge in [-0.25, -0.2) is 0 Å². The average molecular weight is 716 g/mol. The maximum absolute atomic E-state index is 6.40. The number of anilines is 3. The fourth-order valence-electron chi connectivity index (χ4n) is 7.81. The van der Waals surface area contributed by atoms with Crippen molar-refractivity contribution in [2.75, 3.05) is 4.90 Å². The summed E-state index contributed by atoms with van der Waals surface area (Å²) in [5.41, 5.74) is 16.9. The SMILES string of the molecule is c1ccc(-c2ccc(-c3ccc(N(c4ccc(-c5cccc(-c6ccccc6)c5)cc4)c4ccc(-c5cccc6c5oc5ccccc56)cc4)cc3)cc2)cc1. The van der Waals surface area contributed by atoms with Crippen molar-refractivity contribution >= 4 is 39.0 Å². The third kappa shape index (κ3) is 6.34. The van der Waals surface area contributed by atoms with Crippen LogP contribution in [-0.4, -0.2) is 0 Å². The molecular weight excluding hydrogens is 679 g/mol. The molecule has 1 heterocycles. The van der Waals surface area contributed by atoms with Crippen LogP contribution in [0, 0.1) is 0 Å². The monoisotopic (exact) mass is 715 g/mol. The maximum Gasteiger partial charge on any atom is 0.143 e. The number of para-hydroxylation sites is 2. The molecule has 1 aromatic heterocycles. The van der Waals surface area contributed by atoms with E-state index in [1.165, 1.54) is 44.5 Å². The lowest BCUT2D eigenvalue weighted by molar-refractivity contribution is 0.670. The van der Waals surface area contributed by atoms with Gasteiger partial charge in [-0.3, -0.25) is 0 Å². The topological polar surface area (TPSA) is 16.4 Å². The molecule has 0 bridgehead atoms. The molecule has 264 valence electrons. The summed E-state index contributed by atoms with van der Waals surface area (Å²) in [6, 6.07) is 80.0. The van der Waals surface area contributed by atoms with E-state index in [1.807, 2.05) is 12.1 Å². The number of benzene rings is 9. The number of nitrogens with zero attached hydrogens (tertiary/aromatic N) is 1. The second kappa shape index (κ2) is 14.4. The van der Waals surface area contributed by atoms with Crippen LogP contribution in [-0.2, 0) is 0 Å². The van der Waals surface area contributed by atoms with Crippen LogP contribution >= 0.6 is 0 Å². The van der Waals surface area contributed by atoms with Crippen molar-refractivity contribution in [3.8, 4) is 55.6 Å². The van der Waals surface area contributed by atoms with E-state index in [9.17, 15) is 0 Å². The lowest BCUT2D eigenvalue weighted by atomic mass is 9.98. The molecule has 9 aromatic carbocycles. The van der Waals surface area contributed by atoms with Crippen LogP contribution in [0.1, 0.15) is 0 Å². The first-order chi connectivity index (χ1) is 27.7. The Kier molecular flexibility index (Phi) is 8.55. The second-order valence-electron chi connectivity index (χ2n) is 14.1. The number of hydrogen-bond donors (Lipinski definition) is 0. The van der Waals surface area contributed by atoms with Crippen molar-refractivity contribution in [3.63, 3.8) is 0 Å². The molecule has 0 saturated carbocycles. The van der Waals surface area contributed by atoms with Crippen LogP contribution in [0.4, 0.5) is 17.1 Å². The zero-order valence-corrected chi connectivity index (χ0v) is 30.7. The minimum atomic E-state index is 0.906. The van der Waals surface area contributed by atoms with E-state index in [2.05, 4.69) is 217 Å². The first-order valence-corrected chi connectivity index (χ1v) is 19.1. The Bertz CT molecular complexity index is 2910. The zero-order valence-electron chi connectivity index (χ0n) is 30.7. The van der Waals surface area contributed by atoms with Gasteiger partial charge >= 0.3 is 0 Å². The lowest BCUT2D eigenvalue weighted by Gasteiger charge is -2.26. The molecule has 0 fully saturated rings.